The number of benzene rings is 2. The van der Waals surface area contributed by atoms with E-state index in [1.807, 2.05) is 37.3 Å². The van der Waals surface area contributed by atoms with Crippen molar-refractivity contribution in [3.8, 4) is 5.75 Å². The first-order chi connectivity index (χ1) is 13.2. The number of likely N-dealkylation sites (N-methyl/N-ethyl adjacent to an activating group) is 1. The molecule has 2 atom stereocenters. The lowest BCUT2D eigenvalue weighted by molar-refractivity contribution is -0.123. The zero-order valence-corrected chi connectivity index (χ0v) is 15.2. The molecular weight excluding hydrogens is 344 g/mol. The molecule has 2 unspecified atom stereocenters. The second kappa shape index (κ2) is 9.16. The van der Waals surface area contributed by atoms with Gasteiger partial charge in [0.15, 0.2) is 6.61 Å². The standard InChI is InChI=1S/C20H24N4O3/c1-2-21-18(25)13-27-16-10-8-15(9-11-16)23-20(26)17-12-22-24-19(17)14-6-4-3-5-7-14/h3-11,17,19,22,24H,2,12-13H2,1H3,(H,21,25)(H,23,26). The van der Waals surface area contributed by atoms with E-state index in [1.54, 1.807) is 24.3 Å². The van der Waals surface area contributed by atoms with Crippen molar-refractivity contribution in [3.63, 3.8) is 0 Å². The highest BCUT2D eigenvalue weighted by atomic mass is 16.5. The third-order valence-electron chi connectivity index (χ3n) is 4.34. The number of anilines is 1. The summed E-state index contributed by atoms with van der Waals surface area (Å²) >= 11 is 0. The van der Waals surface area contributed by atoms with Crippen molar-refractivity contribution in [1.29, 1.82) is 0 Å². The van der Waals surface area contributed by atoms with E-state index < -0.39 is 0 Å². The Morgan fingerprint density at radius 1 is 1.11 bits per heavy atom. The van der Waals surface area contributed by atoms with E-state index >= 15 is 0 Å². The summed E-state index contributed by atoms with van der Waals surface area (Å²) in [5, 5.41) is 5.61. The summed E-state index contributed by atoms with van der Waals surface area (Å²) in [6, 6.07) is 16.8. The van der Waals surface area contributed by atoms with Crippen LogP contribution in [0.25, 0.3) is 0 Å². The number of amides is 2. The van der Waals surface area contributed by atoms with Gasteiger partial charge in [-0.2, -0.15) is 0 Å². The van der Waals surface area contributed by atoms with Crippen LogP contribution >= 0.6 is 0 Å². The normalized spacial score (nSPS) is 18.7. The highest BCUT2D eigenvalue weighted by Crippen LogP contribution is 2.26. The maximum atomic E-state index is 12.7. The summed E-state index contributed by atoms with van der Waals surface area (Å²) < 4.78 is 5.41. The highest BCUT2D eigenvalue weighted by molar-refractivity contribution is 5.93. The Morgan fingerprint density at radius 2 is 1.85 bits per heavy atom. The Labute approximate surface area is 158 Å². The number of hydrogen-bond donors (Lipinski definition) is 4. The maximum Gasteiger partial charge on any atom is 0.257 e. The van der Waals surface area contributed by atoms with E-state index in [-0.39, 0.29) is 30.4 Å². The summed E-state index contributed by atoms with van der Waals surface area (Å²) in [4.78, 5) is 24.1. The maximum absolute atomic E-state index is 12.7. The predicted molar refractivity (Wildman–Crippen MR) is 103 cm³/mol. The van der Waals surface area contributed by atoms with E-state index in [4.69, 9.17) is 4.74 Å². The lowest BCUT2D eigenvalue weighted by atomic mass is 9.94. The molecule has 0 saturated carbocycles. The van der Waals surface area contributed by atoms with Gasteiger partial charge in [-0.25, -0.2) is 5.43 Å². The minimum Gasteiger partial charge on any atom is -0.484 e. The van der Waals surface area contributed by atoms with Crippen LogP contribution in [0.1, 0.15) is 18.5 Å². The van der Waals surface area contributed by atoms with Gasteiger partial charge in [-0.05, 0) is 36.8 Å². The SMILES string of the molecule is CCNC(=O)COc1ccc(NC(=O)C2CNNC2c2ccccc2)cc1. The molecule has 0 bridgehead atoms. The lowest BCUT2D eigenvalue weighted by Gasteiger charge is -2.18. The van der Waals surface area contributed by atoms with Crippen molar-refractivity contribution in [1.82, 2.24) is 16.2 Å². The number of carbonyl (C=O) groups is 2. The van der Waals surface area contributed by atoms with Gasteiger partial charge >= 0.3 is 0 Å². The second-order valence-corrected chi connectivity index (χ2v) is 6.28. The van der Waals surface area contributed by atoms with E-state index in [0.29, 0.717) is 24.5 Å². The minimum absolute atomic E-state index is 0.0300. The summed E-state index contributed by atoms with van der Waals surface area (Å²) in [6.07, 6.45) is 0. The number of hydrogen-bond acceptors (Lipinski definition) is 5. The molecular formula is C20H24N4O3. The van der Waals surface area contributed by atoms with Crippen LogP contribution in [0.3, 0.4) is 0 Å². The molecule has 0 aromatic heterocycles. The van der Waals surface area contributed by atoms with Gasteiger partial charge in [-0.3, -0.25) is 15.0 Å². The van der Waals surface area contributed by atoms with Crippen molar-refractivity contribution < 1.29 is 14.3 Å². The van der Waals surface area contributed by atoms with Crippen molar-refractivity contribution in [2.45, 2.75) is 13.0 Å². The van der Waals surface area contributed by atoms with Crippen LogP contribution in [0.2, 0.25) is 0 Å². The predicted octanol–water partition coefficient (Wildman–Crippen LogP) is 1.61. The molecule has 1 saturated heterocycles. The molecule has 4 N–H and O–H groups in total. The first-order valence-electron chi connectivity index (χ1n) is 9.01. The molecule has 1 fully saturated rings. The number of hydrazine groups is 1. The molecule has 2 amide bonds. The average molecular weight is 368 g/mol. The topological polar surface area (TPSA) is 91.5 Å². The molecule has 2 aromatic rings. The summed E-state index contributed by atoms with van der Waals surface area (Å²) in [7, 11) is 0. The van der Waals surface area contributed by atoms with Crippen LogP contribution in [0.5, 0.6) is 5.75 Å². The zero-order chi connectivity index (χ0) is 19.1. The fourth-order valence-corrected chi connectivity index (χ4v) is 2.98. The largest absolute Gasteiger partial charge is 0.484 e. The van der Waals surface area contributed by atoms with E-state index in [9.17, 15) is 9.59 Å². The van der Waals surface area contributed by atoms with Gasteiger partial charge in [0.2, 0.25) is 5.91 Å². The number of rotatable bonds is 7. The lowest BCUT2D eigenvalue weighted by Crippen LogP contribution is -2.29. The van der Waals surface area contributed by atoms with Crippen LogP contribution < -0.4 is 26.2 Å². The minimum atomic E-state index is -0.221. The Balaban J connectivity index is 1.56. The van der Waals surface area contributed by atoms with Crippen molar-refractivity contribution in [2.24, 2.45) is 5.92 Å². The van der Waals surface area contributed by atoms with Crippen molar-refractivity contribution in [2.75, 3.05) is 25.0 Å². The molecule has 0 radical (unpaired) electrons. The first-order valence-corrected chi connectivity index (χ1v) is 9.01. The van der Waals surface area contributed by atoms with Crippen molar-refractivity contribution in [3.05, 3.63) is 60.2 Å². The Hall–Kier alpha value is -2.90. The number of nitrogens with one attached hydrogen (secondary N) is 4. The molecule has 2 aromatic carbocycles. The van der Waals surface area contributed by atoms with E-state index in [0.717, 1.165) is 5.56 Å². The number of carbonyl (C=O) groups excluding carboxylic acids is 2. The van der Waals surface area contributed by atoms with Gasteiger partial charge in [-0.1, -0.05) is 30.3 Å². The van der Waals surface area contributed by atoms with Gasteiger partial charge in [0, 0.05) is 18.8 Å². The molecule has 0 spiro atoms. The van der Waals surface area contributed by atoms with Crippen molar-refractivity contribution >= 4 is 17.5 Å². The number of ether oxygens (including phenoxy) is 1. The molecule has 7 nitrogen and oxygen atoms in total. The highest BCUT2D eigenvalue weighted by Gasteiger charge is 2.33. The van der Waals surface area contributed by atoms with Gasteiger partial charge in [0.1, 0.15) is 5.75 Å². The van der Waals surface area contributed by atoms with Gasteiger partial charge in [-0.15, -0.1) is 0 Å². The molecule has 7 heteroatoms. The Bertz CT molecular complexity index is 765. The van der Waals surface area contributed by atoms with Crippen LogP contribution in [-0.4, -0.2) is 31.5 Å². The summed E-state index contributed by atoms with van der Waals surface area (Å²) in [6.45, 7) is 2.95. The van der Waals surface area contributed by atoms with Crippen LogP contribution in [0, 0.1) is 5.92 Å². The summed E-state index contributed by atoms with van der Waals surface area (Å²) in [5.74, 6) is 0.132. The Kier molecular flexibility index (Phi) is 6.40. The third-order valence-corrected chi connectivity index (χ3v) is 4.34. The summed E-state index contributed by atoms with van der Waals surface area (Å²) in [5.41, 5.74) is 7.98. The monoisotopic (exact) mass is 368 g/mol. The van der Waals surface area contributed by atoms with E-state index in [1.165, 1.54) is 0 Å². The smallest absolute Gasteiger partial charge is 0.257 e. The molecule has 1 heterocycles. The molecule has 0 aliphatic carbocycles. The second-order valence-electron chi connectivity index (χ2n) is 6.28. The molecule has 142 valence electrons. The van der Waals surface area contributed by atoms with E-state index in [2.05, 4.69) is 21.5 Å². The van der Waals surface area contributed by atoms with Gasteiger partial charge in [0.25, 0.3) is 5.91 Å². The fraction of sp³-hybridized carbons (Fsp3) is 0.300. The first kappa shape index (κ1) is 18.9. The van der Waals surface area contributed by atoms with Gasteiger partial charge in [0.05, 0.1) is 12.0 Å². The third kappa shape index (κ3) is 5.06. The Morgan fingerprint density at radius 3 is 2.56 bits per heavy atom. The van der Waals surface area contributed by atoms with Crippen LogP contribution in [0.4, 0.5) is 5.69 Å². The van der Waals surface area contributed by atoms with Crippen LogP contribution in [-0.2, 0) is 9.59 Å². The quantitative estimate of drug-likeness (QED) is 0.596. The molecule has 27 heavy (non-hydrogen) atoms. The van der Waals surface area contributed by atoms with Crippen LogP contribution in [0.15, 0.2) is 54.6 Å². The van der Waals surface area contributed by atoms with Gasteiger partial charge < -0.3 is 15.4 Å². The molecule has 1 aliphatic heterocycles. The molecule has 1 aliphatic rings. The average Bonchev–Trinajstić information content (AvgIpc) is 3.18. The molecule has 3 rings (SSSR count). The zero-order valence-electron chi connectivity index (χ0n) is 15.2. The fourth-order valence-electron chi connectivity index (χ4n) is 2.98.